The van der Waals surface area contributed by atoms with Crippen LogP contribution in [0.1, 0.15) is 38.7 Å². The zero-order chi connectivity index (χ0) is 12.9. The normalized spacial score (nSPS) is 13.7. The van der Waals surface area contributed by atoms with Crippen LogP contribution in [0, 0.1) is 0 Å². The fourth-order valence-corrected chi connectivity index (χ4v) is 2.72. The van der Waals surface area contributed by atoms with Crippen LogP contribution in [-0.2, 0) is 4.74 Å². The van der Waals surface area contributed by atoms with E-state index in [0.717, 1.165) is 22.8 Å². The number of hydrogen-bond acceptors (Lipinski definition) is 1. The maximum atomic E-state index is 5.78. The fraction of sp³-hybridized carbons (Fsp3) is 0.571. The SMILES string of the molecule is CC(C)(C)OCCC(CBr)c1cccc(Br)c1. The van der Waals surface area contributed by atoms with E-state index in [9.17, 15) is 0 Å². The molecule has 0 amide bonds. The highest BCUT2D eigenvalue weighted by Crippen LogP contribution is 2.25. The Morgan fingerprint density at radius 1 is 1.29 bits per heavy atom. The van der Waals surface area contributed by atoms with Crippen molar-refractivity contribution in [1.29, 1.82) is 0 Å². The van der Waals surface area contributed by atoms with Crippen LogP contribution in [0.4, 0.5) is 0 Å². The molecule has 1 unspecified atom stereocenters. The van der Waals surface area contributed by atoms with Crippen molar-refractivity contribution in [3.63, 3.8) is 0 Å². The molecule has 3 heteroatoms. The second-order valence-electron chi connectivity index (χ2n) is 5.16. The highest BCUT2D eigenvalue weighted by molar-refractivity contribution is 9.10. The van der Waals surface area contributed by atoms with Crippen molar-refractivity contribution in [1.82, 2.24) is 0 Å². The third-order valence-electron chi connectivity index (χ3n) is 2.51. The van der Waals surface area contributed by atoms with Gasteiger partial charge in [0.25, 0.3) is 0 Å². The number of halogens is 2. The molecular formula is C14H20Br2O. The topological polar surface area (TPSA) is 9.23 Å². The molecule has 1 aromatic rings. The van der Waals surface area contributed by atoms with Gasteiger partial charge in [0.1, 0.15) is 0 Å². The van der Waals surface area contributed by atoms with Gasteiger partial charge in [-0.1, -0.05) is 44.0 Å². The van der Waals surface area contributed by atoms with Crippen LogP contribution in [0.3, 0.4) is 0 Å². The number of ether oxygens (including phenoxy) is 1. The van der Waals surface area contributed by atoms with E-state index in [-0.39, 0.29) is 5.60 Å². The molecule has 96 valence electrons. The summed E-state index contributed by atoms with van der Waals surface area (Å²) in [6, 6.07) is 8.50. The molecule has 0 aromatic heterocycles. The summed E-state index contributed by atoms with van der Waals surface area (Å²) in [6.45, 7) is 7.08. The quantitative estimate of drug-likeness (QED) is 0.658. The van der Waals surface area contributed by atoms with E-state index in [2.05, 4.69) is 76.9 Å². The average Bonchev–Trinajstić information content (AvgIpc) is 2.23. The Kier molecular flexibility index (Phi) is 6.18. The van der Waals surface area contributed by atoms with Gasteiger partial charge >= 0.3 is 0 Å². The van der Waals surface area contributed by atoms with Crippen LogP contribution in [0.15, 0.2) is 28.7 Å². The molecule has 0 spiro atoms. The third-order valence-corrected chi connectivity index (χ3v) is 3.78. The molecule has 1 nitrogen and oxygen atoms in total. The summed E-state index contributed by atoms with van der Waals surface area (Å²) >= 11 is 7.10. The fourth-order valence-electron chi connectivity index (χ4n) is 1.60. The van der Waals surface area contributed by atoms with Gasteiger partial charge in [0, 0.05) is 16.4 Å². The van der Waals surface area contributed by atoms with Crippen LogP contribution < -0.4 is 0 Å². The summed E-state index contributed by atoms with van der Waals surface area (Å²) in [6.07, 6.45) is 1.04. The van der Waals surface area contributed by atoms with Gasteiger partial charge in [0.05, 0.1) is 5.60 Å². The van der Waals surface area contributed by atoms with E-state index in [4.69, 9.17) is 4.74 Å². The van der Waals surface area contributed by atoms with E-state index in [1.165, 1.54) is 5.56 Å². The van der Waals surface area contributed by atoms with Crippen LogP contribution in [0.25, 0.3) is 0 Å². The summed E-state index contributed by atoms with van der Waals surface area (Å²) in [5, 5.41) is 0.969. The van der Waals surface area contributed by atoms with Crippen LogP contribution in [-0.4, -0.2) is 17.5 Å². The molecule has 17 heavy (non-hydrogen) atoms. The van der Waals surface area contributed by atoms with Gasteiger partial charge in [-0.25, -0.2) is 0 Å². The maximum absolute atomic E-state index is 5.78. The minimum Gasteiger partial charge on any atom is -0.376 e. The summed E-state index contributed by atoms with van der Waals surface area (Å²) in [5.41, 5.74) is 1.31. The molecule has 0 fully saturated rings. The predicted molar refractivity (Wildman–Crippen MR) is 81.0 cm³/mol. The first kappa shape index (κ1) is 15.2. The van der Waals surface area contributed by atoms with E-state index in [1.807, 2.05) is 0 Å². The molecule has 0 aliphatic heterocycles. The van der Waals surface area contributed by atoms with E-state index in [1.54, 1.807) is 0 Å². The lowest BCUT2D eigenvalue weighted by Gasteiger charge is -2.22. The summed E-state index contributed by atoms with van der Waals surface area (Å²) in [5.74, 6) is 0.509. The minimum atomic E-state index is -0.0475. The monoisotopic (exact) mass is 362 g/mol. The molecule has 0 saturated carbocycles. The zero-order valence-corrected chi connectivity index (χ0v) is 13.8. The second kappa shape index (κ2) is 6.91. The van der Waals surface area contributed by atoms with Crippen molar-refractivity contribution in [2.45, 2.75) is 38.7 Å². The zero-order valence-electron chi connectivity index (χ0n) is 10.7. The maximum Gasteiger partial charge on any atom is 0.0598 e. The molecule has 1 rings (SSSR count). The van der Waals surface area contributed by atoms with Gasteiger partial charge in [-0.3, -0.25) is 0 Å². The van der Waals surface area contributed by atoms with Crippen molar-refractivity contribution < 1.29 is 4.74 Å². The van der Waals surface area contributed by atoms with Crippen LogP contribution in [0.2, 0.25) is 0 Å². The largest absolute Gasteiger partial charge is 0.376 e. The Morgan fingerprint density at radius 3 is 2.53 bits per heavy atom. The smallest absolute Gasteiger partial charge is 0.0598 e. The molecular weight excluding hydrogens is 344 g/mol. The van der Waals surface area contributed by atoms with E-state index >= 15 is 0 Å². The highest BCUT2D eigenvalue weighted by atomic mass is 79.9. The first-order valence-electron chi connectivity index (χ1n) is 5.88. The first-order chi connectivity index (χ1) is 7.92. The lowest BCUT2D eigenvalue weighted by atomic mass is 9.98. The third kappa shape index (κ3) is 6.03. The molecule has 1 aromatic carbocycles. The second-order valence-corrected chi connectivity index (χ2v) is 6.72. The number of alkyl halides is 1. The van der Waals surface area contributed by atoms with Crippen molar-refractivity contribution in [3.05, 3.63) is 34.3 Å². The van der Waals surface area contributed by atoms with Crippen LogP contribution >= 0.6 is 31.9 Å². The molecule has 0 aliphatic carbocycles. The summed E-state index contributed by atoms with van der Waals surface area (Å²) in [7, 11) is 0. The van der Waals surface area contributed by atoms with Crippen molar-refractivity contribution in [3.8, 4) is 0 Å². The Balaban J connectivity index is 2.54. The van der Waals surface area contributed by atoms with Crippen molar-refractivity contribution in [2.24, 2.45) is 0 Å². The molecule has 0 bridgehead atoms. The number of hydrogen-bond donors (Lipinski definition) is 0. The highest BCUT2D eigenvalue weighted by Gasteiger charge is 2.14. The van der Waals surface area contributed by atoms with E-state index in [0.29, 0.717) is 5.92 Å². The first-order valence-corrected chi connectivity index (χ1v) is 7.79. The Morgan fingerprint density at radius 2 is 2.00 bits per heavy atom. The van der Waals surface area contributed by atoms with Gasteiger partial charge in [-0.05, 0) is 50.8 Å². The predicted octanol–water partition coefficient (Wildman–Crippen LogP) is 5.13. The molecule has 0 heterocycles. The average molecular weight is 364 g/mol. The number of rotatable bonds is 5. The molecule has 0 radical (unpaired) electrons. The van der Waals surface area contributed by atoms with Crippen molar-refractivity contribution in [2.75, 3.05) is 11.9 Å². The van der Waals surface area contributed by atoms with Gasteiger partial charge in [0.15, 0.2) is 0 Å². The lowest BCUT2D eigenvalue weighted by Crippen LogP contribution is -2.20. The summed E-state index contributed by atoms with van der Waals surface area (Å²) in [4.78, 5) is 0. The molecule has 0 saturated heterocycles. The Bertz CT molecular complexity index is 344. The number of benzene rings is 1. The van der Waals surface area contributed by atoms with Crippen LogP contribution in [0.5, 0.6) is 0 Å². The van der Waals surface area contributed by atoms with Gasteiger partial charge < -0.3 is 4.74 Å². The van der Waals surface area contributed by atoms with Gasteiger partial charge in [-0.2, -0.15) is 0 Å². The Labute approximate surface area is 121 Å². The standard InChI is InChI=1S/C14H20Br2O/c1-14(2,3)17-8-7-12(10-15)11-5-4-6-13(16)9-11/h4-6,9,12H,7-8,10H2,1-3H3. The van der Waals surface area contributed by atoms with Gasteiger partial charge in [0.2, 0.25) is 0 Å². The lowest BCUT2D eigenvalue weighted by molar-refractivity contribution is -0.00559. The van der Waals surface area contributed by atoms with E-state index < -0.39 is 0 Å². The van der Waals surface area contributed by atoms with Gasteiger partial charge in [-0.15, -0.1) is 0 Å². The molecule has 1 atom stereocenters. The minimum absolute atomic E-state index is 0.0475. The molecule has 0 N–H and O–H groups in total. The Hall–Kier alpha value is 0.140. The van der Waals surface area contributed by atoms with Crippen molar-refractivity contribution >= 4 is 31.9 Å². The molecule has 0 aliphatic rings. The summed E-state index contributed by atoms with van der Waals surface area (Å²) < 4.78 is 6.92.